The second-order valence-corrected chi connectivity index (χ2v) is 8.28. The molecular weight excluding hydrogens is 364 g/mol. The molecule has 0 amide bonds. The highest BCUT2D eigenvalue weighted by Gasteiger charge is 2.31. The molecule has 26 heavy (non-hydrogen) atoms. The number of hydrogen-bond donors (Lipinski definition) is 1. The first-order valence-corrected chi connectivity index (χ1v) is 10.1. The summed E-state index contributed by atoms with van der Waals surface area (Å²) in [6.07, 6.45) is 1.82. The lowest BCUT2D eigenvalue weighted by molar-refractivity contribution is 0.757. The minimum absolute atomic E-state index is 0.186. The number of benzene rings is 1. The Kier molecular flexibility index (Phi) is 4.67. The van der Waals surface area contributed by atoms with Crippen LogP contribution < -0.4 is 5.32 Å². The number of aromatic nitrogens is 3. The molecule has 1 aliphatic rings. The van der Waals surface area contributed by atoms with Crippen molar-refractivity contribution in [2.75, 3.05) is 11.1 Å². The summed E-state index contributed by atoms with van der Waals surface area (Å²) >= 11 is 8.14. The molecule has 0 saturated heterocycles. The van der Waals surface area contributed by atoms with E-state index in [9.17, 15) is 0 Å². The van der Waals surface area contributed by atoms with E-state index in [0.717, 1.165) is 28.0 Å². The Hall–Kier alpha value is -1.98. The standard InChI is InChI=1S/C20H21ClN4S/c1-12-10-14(21)7-8-15(12)19-17-18(16-6-4-5-9-22-16)24-25(3)20(17)23-13(2)11-26-19/h4-10,13,19,23H,11H2,1-3H3/t13-,19+/m0/s1. The highest BCUT2D eigenvalue weighted by molar-refractivity contribution is 7.99. The lowest BCUT2D eigenvalue weighted by Crippen LogP contribution is -2.18. The molecule has 2 aromatic heterocycles. The Morgan fingerprint density at radius 1 is 1.27 bits per heavy atom. The van der Waals surface area contributed by atoms with Gasteiger partial charge in [-0.3, -0.25) is 9.67 Å². The molecule has 1 N–H and O–H groups in total. The summed E-state index contributed by atoms with van der Waals surface area (Å²) < 4.78 is 1.94. The van der Waals surface area contributed by atoms with Crippen LogP contribution in [0, 0.1) is 6.92 Å². The molecule has 0 bridgehead atoms. The van der Waals surface area contributed by atoms with Crippen LogP contribution in [0.15, 0.2) is 42.6 Å². The van der Waals surface area contributed by atoms with Crippen LogP contribution in [0.4, 0.5) is 5.82 Å². The first kappa shape index (κ1) is 17.4. The van der Waals surface area contributed by atoms with Gasteiger partial charge in [0.1, 0.15) is 11.5 Å². The largest absolute Gasteiger partial charge is 0.367 e. The van der Waals surface area contributed by atoms with Gasteiger partial charge in [0.2, 0.25) is 0 Å². The molecule has 1 aliphatic heterocycles. The SMILES string of the molecule is Cc1cc(Cl)ccc1[C@H]1SC[C@H](C)Nc2c1c(-c1ccccn1)nn2C. The second kappa shape index (κ2) is 6.97. The second-order valence-electron chi connectivity index (χ2n) is 6.71. The Morgan fingerprint density at radius 3 is 2.85 bits per heavy atom. The van der Waals surface area contributed by atoms with Gasteiger partial charge in [-0.15, -0.1) is 11.8 Å². The van der Waals surface area contributed by atoms with Gasteiger partial charge in [-0.25, -0.2) is 0 Å². The fraction of sp³-hybridized carbons (Fsp3) is 0.300. The van der Waals surface area contributed by atoms with Crippen LogP contribution >= 0.6 is 23.4 Å². The average Bonchev–Trinajstić information content (AvgIpc) is 2.83. The van der Waals surface area contributed by atoms with E-state index in [2.05, 4.69) is 30.2 Å². The maximum atomic E-state index is 6.20. The van der Waals surface area contributed by atoms with Crippen LogP contribution in [0.1, 0.15) is 28.9 Å². The minimum Gasteiger partial charge on any atom is -0.367 e. The summed E-state index contributed by atoms with van der Waals surface area (Å²) in [6.45, 7) is 4.33. The van der Waals surface area contributed by atoms with E-state index in [4.69, 9.17) is 16.7 Å². The van der Waals surface area contributed by atoms with Gasteiger partial charge in [0.15, 0.2) is 0 Å². The molecule has 4 rings (SSSR count). The van der Waals surface area contributed by atoms with Crippen molar-refractivity contribution in [1.82, 2.24) is 14.8 Å². The first-order valence-electron chi connectivity index (χ1n) is 8.67. The number of rotatable bonds is 2. The minimum atomic E-state index is 0.186. The molecule has 0 fully saturated rings. The van der Waals surface area contributed by atoms with Crippen molar-refractivity contribution >= 4 is 29.2 Å². The third kappa shape index (κ3) is 3.10. The number of aryl methyl sites for hydroxylation is 2. The molecule has 3 aromatic rings. The monoisotopic (exact) mass is 384 g/mol. The molecule has 1 aromatic carbocycles. The van der Waals surface area contributed by atoms with E-state index >= 15 is 0 Å². The van der Waals surface area contributed by atoms with Crippen molar-refractivity contribution in [1.29, 1.82) is 0 Å². The highest BCUT2D eigenvalue weighted by atomic mass is 35.5. The van der Waals surface area contributed by atoms with E-state index in [1.807, 2.05) is 60.0 Å². The molecule has 6 heteroatoms. The molecule has 0 spiro atoms. The molecule has 0 unspecified atom stereocenters. The van der Waals surface area contributed by atoms with Crippen molar-refractivity contribution in [2.45, 2.75) is 25.1 Å². The number of anilines is 1. The molecule has 0 radical (unpaired) electrons. The molecule has 2 atom stereocenters. The average molecular weight is 385 g/mol. The molecule has 3 heterocycles. The van der Waals surface area contributed by atoms with Gasteiger partial charge >= 0.3 is 0 Å². The number of pyridine rings is 1. The maximum absolute atomic E-state index is 6.20. The summed E-state index contributed by atoms with van der Waals surface area (Å²) in [6, 6.07) is 12.5. The molecule has 134 valence electrons. The number of thioether (sulfide) groups is 1. The highest BCUT2D eigenvalue weighted by Crippen LogP contribution is 2.47. The summed E-state index contributed by atoms with van der Waals surface area (Å²) in [4.78, 5) is 4.55. The van der Waals surface area contributed by atoms with Gasteiger partial charge in [-0.1, -0.05) is 23.7 Å². The number of nitrogens with one attached hydrogen (secondary N) is 1. The molecular formula is C20H21ClN4S. The fourth-order valence-corrected chi connectivity index (χ4v) is 5.05. The van der Waals surface area contributed by atoms with Crippen LogP contribution in [-0.4, -0.2) is 26.6 Å². The lowest BCUT2D eigenvalue weighted by atomic mass is 9.98. The predicted molar refractivity (Wildman–Crippen MR) is 110 cm³/mol. The van der Waals surface area contributed by atoms with Crippen LogP contribution in [0.5, 0.6) is 0 Å². The number of halogens is 1. The van der Waals surface area contributed by atoms with Crippen molar-refractivity contribution in [3.63, 3.8) is 0 Å². The molecule has 0 saturated carbocycles. The zero-order valence-electron chi connectivity index (χ0n) is 15.0. The van der Waals surface area contributed by atoms with Crippen LogP contribution in [0.2, 0.25) is 5.02 Å². The smallest absolute Gasteiger partial charge is 0.129 e. The van der Waals surface area contributed by atoms with Crippen molar-refractivity contribution in [2.24, 2.45) is 7.05 Å². The third-order valence-corrected chi connectivity index (χ3v) is 6.41. The zero-order valence-corrected chi connectivity index (χ0v) is 16.6. The Morgan fingerprint density at radius 2 is 2.12 bits per heavy atom. The summed E-state index contributed by atoms with van der Waals surface area (Å²) in [5, 5.41) is 9.41. The van der Waals surface area contributed by atoms with E-state index < -0.39 is 0 Å². The van der Waals surface area contributed by atoms with Gasteiger partial charge in [0, 0.05) is 35.6 Å². The quantitative estimate of drug-likeness (QED) is 0.669. The Balaban J connectivity index is 1.94. The van der Waals surface area contributed by atoms with Crippen molar-refractivity contribution in [3.05, 3.63) is 64.3 Å². The Labute approximate surface area is 163 Å². The lowest BCUT2D eigenvalue weighted by Gasteiger charge is -2.18. The topological polar surface area (TPSA) is 42.7 Å². The van der Waals surface area contributed by atoms with Crippen LogP contribution in [-0.2, 0) is 7.05 Å². The van der Waals surface area contributed by atoms with Crippen LogP contribution in [0.3, 0.4) is 0 Å². The molecule has 4 nitrogen and oxygen atoms in total. The summed E-state index contributed by atoms with van der Waals surface area (Å²) in [7, 11) is 1.99. The summed E-state index contributed by atoms with van der Waals surface area (Å²) in [5.41, 5.74) is 5.52. The number of fused-ring (bicyclic) bond motifs is 1. The van der Waals surface area contributed by atoms with Gasteiger partial charge in [0.25, 0.3) is 0 Å². The fourth-order valence-electron chi connectivity index (χ4n) is 3.43. The molecule has 0 aliphatic carbocycles. The first-order chi connectivity index (χ1) is 12.5. The van der Waals surface area contributed by atoms with Gasteiger partial charge in [-0.2, -0.15) is 5.10 Å². The van der Waals surface area contributed by atoms with E-state index in [1.54, 1.807) is 0 Å². The van der Waals surface area contributed by atoms with E-state index in [1.165, 1.54) is 16.7 Å². The van der Waals surface area contributed by atoms with Gasteiger partial charge in [0.05, 0.1) is 10.9 Å². The third-order valence-electron chi connectivity index (χ3n) is 4.66. The van der Waals surface area contributed by atoms with E-state index in [0.29, 0.717) is 6.04 Å². The van der Waals surface area contributed by atoms with Crippen molar-refractivity contribution < 1.29 is 0 Å². The van der Waals surface area contributed by atoms with Crippen LogP contribution in [0.25, 0.3) is 11.4 Å². The predicted octanol–water partition coefficient (Wildman–Crippen LogP) is 5.08. The normalized spacial score (nSPS) is 19.5. The summed E-state index contributed by atoms with van der Waals surface area (Å²) in [5.74, 6) is 2.09. The van der Waals surface area contributed by atoms with E-state index in [-0.39, 0.29) is 5.25 Å². The maximum Gasteiger partial charge on any atom is 0.129 e. The van der Waals surface area contributed by atoms with Gasteiger partial charge in [-0.05, 0) is 49.2 Å². The van der Waals surface area contributed by atoms with Gasteiger partial charge < -0.3 is 5.32 Å². The Bertz CT molecular complexity index is 938. The number of nitrogens with zero attached hydrogens (tertiary/aromatic N) is 3. The zero-order chi connectivity index (χ0) is 18.3. The van der Waals surface area contributed by atoms with Crippen molar-refractivity contribution in [3.8, 4) is 11.4 Å². The number of hydrogen-bond acceptors (Lipinski definition) is 4.